The van der Waals surface area contributed by atoms with E-state index >= 15 is 0 Å². The first-order chi connectivity index (χ1) is 6.85. The average Bonchev–Trinajstić information content (AvgIpc) is 2.10. The van der Waals surface area contributed by atoms with Gasteiger partial charge in [-0.25, -0.2) is 4.98 Å². The lowest BCUT2D eigenvalue weighted by atomic mass is 10.2. The number of pyridine rings is 1. The first-order valence-electron chi connectivity index (χ1n) is 3.64. The molecule has 0 saturated heterocycles. The third kappa shape index (κ3) is 3.32. The van der Waals surface area contributed by atoms with E-state index in [2.05, 4.69) is 41.6 Å². The van der Waals surface area contributed by atoms with Gasteiger partial charge in [0.15, 0.2) is 5.75 Å². The third-order valence-electron chi connectivity index (χ3n) is 1.46. The van der Waals surface area contributed by atoms with Gasteiger partial charge in [-0.1, -0.05) is 0 Å². The molecule has 2 N–H and O–H groups in total. The fourth-order valence-corrected chi connectivity index (χ4v) is 1.76. The summed E-state index contributed by atoms with van der Waals surface area (Å²) in [5.41, 5.74) is 5.52. The van der Waals surface area contributed by atoms with Gasteiger partial charge in [0.1, 0.15) is 4.60 Å². The number of aromatic nitrogens is 1. The predicted molar refractivity (Wildman–Crippen MR) is 54.2 cm³/mol. The van der Waals surface area contributed by atoms with Gasteiger partial charge in [0, 0.05) is 22.8 Å². The summed E-state index contributed by atoms with van der Waals surface area (Å²) in [7, 11) is 0. The average molecular weight is 350 g/mol. The maximum Gasteiger partial charge on any atom is 0.573 e. The zero-order chi connectivity index (χ0) is 11.6. The Balaban J connectivity index is 3.20. The molecule has 0 saturated carbocycles. The minimum atomic E-state index is -4.77. The highest BCUT2D eigenvalue weighted by Crippen LogP contribution is 2.35. The molecule has 8 heteroatoms. The van der Waals surface area contributed by atoms with Crippen molar-refractivity contribution in [1.29, 1.82) is 0 Å². The first-order valence-corrected chi connectivity index (χ1v) is 5.22. The van der Waals surface area contributed by atoms with Crippen molar-refractivity contribution in [3.05, 3.63) is 20.8 Å². The minimum Gasteiger partial charge on any atom is -0.402 e. The number of halogens is 5. The summed E-state index contributed by atoms with van der Waals surface area (Å²) >= 11 is 5.90. The molecule has 0 aliphatic carbocycles. The summed E-state index contributed by atoms with van der Waals surface area (Å²) in [6, 6.07) is 0. The summed E-state index contributed by atoms with van der Waals surface area (Å²) in [6.07, 6.45) is -3.43. The highest BCUT2D eigenvalue weighted by atomic mass is 79.9. The largest absolute Gasteiger partial charge is 0.573 e. The van der Waals surface area contributed by atoms with Gasteiger partial charge >= 0.3 is 6.36 Å². The molecule has 1 heterocycles. The Hall–Kier alpha value is -0.340. The van der Waals surface area contributed by atoms with Gasteiger partial charge in [0.25, 0.3) is 0 Å². The molecule has 0 radical (unpaired) electrons. The van der Waals surface area contributed by atoms with Crippen LogP contribution in [0.4, 0.5) is 13.2 Å². The van der Waals surface area contributed by atoms with Crippen LogP contribution < -0.4 is 10.5 Å². The van der Waals surface area contributed by atoms with Crippen molar-refractivity contribution in [3.63, 3.8) is 0 Å². The molecule has 0 atom stereocenters. The molecule has 0 spiro atoms. The molecule has 0 amide bonds. The normalized spacial score (nSPS) is 11.6. The molecule has 15 heavy (non-hydrogen) atoms. The molecule has 1 aromatic heterocycles. The van der Waals surface area contributed by atoms with Crippen LogP contribution in [0.1, 0.15) is 5.56 Å². The van der Waals surface area contributed by atoms with Gasteiger partial charge in [-0.2, -0.15) is 0 Å². The minimum absolute atomic E-state index is 0.0384. The summed E-state index contributed by atoms with van der Waals surface area (Å²) in [6.45, 7) is -0.0902. The Morgan fingerprint density at radius 2 is 2.00 bits per heavy atom. The lowest BCUT2D eigenvalue weighted by Gasteiger charge is -2.14. The summed E-state index contributed by atoms with van der Waals surface area (Å²) in [5.74, 6) is -0.417. The van der Waals surface area contributed by atoms with Crippen LogP contribution in [0.25, 0.3) is 0 Å². The second-order valence-electron chi connectivity index (χ2n) is 2.46. The predicted octanol–water partition coefficient (Wildman–Crippen LogP) is 2.96. The number of hydrogen-bond donors (Lipinski definition) is 1. The zero-order valence-corrected chi connectivity index (χ0v) is 10.3. The van der Waals surface area contributed by atoms with Gasteiger partial charge in [-0.3, -0.25) is 0 Å². The van der Waals surface area contributed by atoms with Gasteiger partial charge in [-0.05, 0) is 31.9 Å². The number of alkyl halides is 3. The van der Waals surface area contributed by atoms with E-state index in [-0.39, 0.29) is 16.7 Å². The molecule has 0 bridgehead atoms. The maximum atomic E-state index is 12.0. The molecular formula is C7H5Br2F3N2O. The lowest BCUT2D eigenvalue weighted by Crippen LogP contribution is -2.19. The SMILES string of the molecule is NCc1c(Br)cnc(Br)c1OC(F)(F)F. The van der Waals surface area contributed by atoms with Crippen LogP contribution in [0.3, 0.4) is 0 Å². The van der Waals surface area contributed by atoms with Crippen LogP contribution in [0, 0.1) is 0 Å². The van der Waals surface area contributed by atoms with Crippen LogP contribution in [0.2, 0.25) is 0 Å². The topological polar surface area (TPSA) is 48.1 Å². The number of nitrogens with zero attached hydrogens (tertiary/aromatic N) is 1. The molecule has 84 valence electrons. The van der Waals surface area contributed by atoms with Crippen molar-refractivity contribution in [1.82, 2.24) is 4.98 Å². The fourth-order valence-electron chi connectivity index (χ4n) is 0.892. The lowest BCUT2D eigenvalue weighted by molar-refractivity contribution is -0.275. The second kappa shape index (κ2) is 4.67. The van der Waals surface area contributed by atoms with E-state index in [1.165, 1.54) is 6.20 Å². The van der Waals surface area contributed by atoms with Crippen molar-refractivity contribution in [2.45, 2.75) is 12.9 Å². The Morgan fingerprint density at radius 3 is 2.47 bits per heavy atom. The summed E-state index contributed by atoms with van der Waals surface area (Å²) in [4.78, 5) is 3.66. The van der Waals surface area contributed by atoms with Crippen LogP contribution in [-0.4, -0.2) is 11.3 Å². The molecule has 1 aromatic rings. The Bertz CT molecular complexity index is 370. The first kappa shape index (κ1) is 12.7. The smallest absolute Gasteiger partial charge is 0.402 e. The quantitative estimate of drug-likeness (QED) is 0.835. The molecule has 0 aliphatic heterocycles. The van der Waals surface area contributed by atoms with Crippen molar-refractivity contribution < 1.29 is 17.9 Å². The highest BCUT2D eigenvalue weighted by molar-refractivity contribution is 9.11. The van der Waals surface area contributed by atoms with Gasteiger partial charge < -0.3 is 10.5 Å². The number of hydrogen-bond acceptors (Lipinski definition) is 3. The summed E-state index contributed by atoms with van der Waals surface area (Å²) < 4.78 is 40.3. The molecule has 1 rings (SSSR count). The standard InChI is InChI=1S/C7H5Br2F3N2O/c8-4-2-14-6(9)5(3(4)1-13)15-7(10,11)12/h2H,1,13H2. The van der Waals surface area contributed by atoms with E-state index in [1.807, 2.05) is 0 Å². The van der Waals surface area contributed by atoms with Crippen LogP contribution in [0.5, 0.6) is 5.75 Å². The Kier molecular flexibility index (Phi) is 3.96. The van der Waals surface area contributed by atoms with Crippen LogP contribution in [-0.2, 0) is 6.54 Å². The molecule has 0 unspecified atom stereocenters. The van der Waals surface area contributed by atoms with Crippen LogP contribution in [0.15, 0.2) is 15.3 Å². The van der Waals surface area contributed by atoms with E-state index in [9.17, 15) is 13.2 Å². The number of nitrogens with two attached hydrogens (primary N) is 1. The molecule has 3 nitrogen and oxygen atoms in total. The molecule has 0 aliphatic rings. The van der Waals surface area contributed by atoms with Crippen molar-refractivity contribution >= 4 is 31.9 Å². The van der Waals surface area contributed by atoms with Gasteiger partial charge in [0.05, 0.1) is 0 Å². The molecule has 0 fully saturated rings. The summed E-state index contributed by atoms with van der Waals surface area (Å²) in [5, 5.41) is 0. The maximum absolute atomic E-state index is 12.0. The monoisotopic (exact) mass is 348 g/mol. The highest BCUT2D eigenvalue weighted by Gasteiger charge is 2.33. The van der Waals surface area contributed by atoms with Crippen molar-refractivity contribution in [3.8, 4) is 5.75 Å². The van der Waals surface area contributed by atoms with E-state index in [4.69, 9.17) is 5.73 Å². The van der Waals surface area contributed by atoms with E-state index in [0.29, 0.717) is 4.47 Å². The van der Waals surface area contributed by atoms with Gasteiger partial charge in [-0.15, -0.1) is 13.2 Å². The van der Waals surface area contributed by atoms with E-state index < -0.39 is 12.1 Å². The van der Waals surface area contributed by atoms with Crippen LogP contribution >= 0.6 is 31.9 Å². The zero-order valence-electron chi connectivity index (χ0n) is 7.11. The number of rotatable bonds is 2. The van der Waals surface area contributed by atoms with Gasteiger partial charge in [0.2, 0.25) is 0 Å². The Labute approximate surface area is 100 Å². The Morgan fingerprint density at radius 1 is 1.40 bits per heavy atom. The number of ether oxygens (including phenoxy) is 1. The fraction of sp³-hybridized carbons (Fsp3) is 0.286. The van der Waals surface area contributed by atoms with Crippen molar-refractivity contribution in [2.24, 2.45) is 5.73 Å². The van der Waals surface area contributed by atoms with E-state index in [0.717, 1.165) is 0 Å². The van der Waals surface area contributed by atoms with Crippen molar-refractivity contribution in [2.75, 3.05) is 0 Å². The second-order valence-corrected chi connectivity index (χ2v) is 4.06. The molecular weight excluding hydrogens is 345 g/mol. The molecule has 0 aromatic carbocycles. The van der Waals surface area contributed by atoms with E-state index in [1.54, 1.807) is 0 Å². The third-order valence-corrected chi connectivity index (χ3v) is 2.71.